The van der Waals surface area contributed by atoms with Crippen LogP contribution in [0.3, 0.4) is 0 Å². The number of methoxy groups -OCH3 is 2. The van der Waals surface area contributed by atoms with Gasteiger partial charge in [0.25, 0.3) is 0 Å². The van der Waals surface area contributed by atoms with Gasteiger partial charge in [-0.2, -0.15) is 0 Å². The van der Waals surface area contributed by atoms with Gasteiger partial charge in [-0.1, -0.05) is 0 Å². The molecule has 5 nitrogen and oxygen atoms in total. The Labute approximate surface area is 88.3 Å². The van der Waals surface area contributed by atoms with Gasteiger partial charge >= 0.3 is 0 Å². The fourth-order valence-electron chi connectivity index (χ4n) is 1.08. The zero-order valence-electron chi connectivity index (χ0n) is 8.74. The van der Waals surface area contributed by atoms with Gasteiger partial charge in [-0.3, -0.25) is 5.41 Å². The molecule has 0 saturated heterocycles. The maximum atomic E-state index is 7.27. The van der Waals surface area contributed by atoms with Gasteiger partial charge in [-0.05, 0) is 18.2 Å². The molecule has 1 aromatic rings. The van der Waals surface area contributed by atoms with E-state index < -0.39 is 0 Å². The van der Waals surface area contributed by atoms with Gasteiger partial charge < -0.3 is 19.9 Å². The van der Waals surface area contributed by atoms with Crippen LogP contribution >= 0.6 is 0 Å². The molecule has 0 heterocycles. The number of hydrogen-bond donors (Lipinski definition) is 2. The number of benzene rings is 1. The molecule has 0 aliphatic carbocycles. The van der Waals surface area contributed by atoms with E-state index >= 15 is 0 Å². The third-order valence-electron chi connectivity index (χ3n) is 1.81. The molecule has 0 radical (unpaired) electrons. The highest BCUT2D eigenvalue weighted by Crippen LogP contribution is 2.27. The molecule has 82 valence electrons. The second kappa shape index (κ2) is 5.21. The number of nitrogen functional groups attached to an aromatic ring is 1. The number of nitrogens with one attached hydrogen (secondary N) is 1. The zero-order chi connectivity index (χ0) is 11.3. The average Bonchev–Trinajstić information content (AvgIpc) is 2.25. The van der Waals surface area contributed by atoms with E-state index in [1.54, 1.807) is 18.2 Å². The monoisotopic (exact) mass is 210 g/mol. The van der Waals surface area contributed by atoms with Crippen LogP contribution in [-0.2, 0) is 4.74 Å². The SMILES string of the molecule is COCOc1ccc(C(=N)N)cc1OC. The van der Waals surface area contributed by atoms with Crippen LogP contribution in [0.4, 0.5) is 0 Å². The van der Waals surface area contributed by atoms with Crippen molar-refractivity contribution in [3.63, 3.8) is 0 Å². The lowest BCUT2D eigenvalue weighted by atomic mass is 10.2. The van der Waals surface area contributed by atoms with Crippen LogP contribution in [0.25, 0.3) is 0 Å². The van der Waals surface area contributed by atoms with Crippen LogP contribution in [0.2, 0.25) is 0 Å². The summed E-state index contributed by atoms with van der Waals surface area (Å²) in [6.45, 7) is 0.149. The molecular weight excluding hydrogens is 196 g/mol. The third kappa shape index (κ3) is 2.85. The molecule has 0 saturated carbocycles. The summed E-state index contributed by atoms with van der Waals surface area (Å²) in [5.41, 5.74) is 5.94. The maximum Gasteiger partial charge on any atom is 0.188 e. The van der Waals surface area contributed by atoms with Crippen molar-refractivity contribution in [2.45, 2.75) is 0 Å². The molecule has 0 unspecified atom stereocenters. The van der Waals surface area contributed by atoms with Crippen LogP contribution in [0, 0.1) is 5.41 Å². The van der Waals surface area contributed by atoms with E-state index in [0.717, 1.165) is 0 Å². The van der Waals surface area contributed by atoms with Gasteiger partial charge in [0.05, 0.1) is 7.11 Å². The maximum absolute atomic E-state index is 7.27. The summed E-state index contributed by atoms with van der Waals surface area (Å²) < 4.78 is 15.1. The minimum Gasteiger partial charge on any atom is -0.493 e. The Balaban J connectivity index is 2.93. The lowest BCUT2D eigenvalue weighted by Gasteiger charge is -2.10. The van der Waals surface area contributed by atoms with Gasteiger partial charge in [0, 0.05) is 12.7 Å². The van der Waals surface area contributed by atoms with Crippen molar-refractivity contribution in [2.24, 2.45) is 5.73 Å². The molecule has 0 aliphatic heterocycles. The van der Waals surface area contributed by atoms with E-state index in [1.807, 2.05) is 0 Å². The Kier molecular flexibility index (Phi) is 3.93. The Bertz CT molecular complexity index is 353. The predicted octanol–water partition coefficient (Wildman–Crippen LogP) is 0.962. The Morgan fingerprint density at radius 2 is 2.07 bits per heavy atom. The molecule has 0 atom stereocenters. The number of hydrogen-bond acceptors (Lipinski definition) is 4. The highest BCUT2D eigenvalue weighted by Gasteiger charge is 2.06. The van der Waals surface area contributed by atoms with Gasteiger partial charge in [-0.25, -0.2) is 0 Å². The van der Waals surface area contributed by atoms with Crippen LogP contribution in [0.1, 0.15) is 5.56 Å². The standard InChI is InChI=1S/C10H14N2O3/c1-13-6-15-8-4-3-7(10(11)12)5-9(8)14-2/h3-5H,6H2,1-2H3,(H3,11,12). The van der Waals surface area contributed by atoms with Crippen molar-refractivity contribution < 1.29 is 14.2 Å². The van der Waals surface area contributed by atoms with Crippen LogP contribution in [0.15, 0.2) is 18.2 Å². The molecule has 1 aromatic carbocycles. The van der Waals surface area contributed by atoms with Crippen molar-refractivity contribution in [3.8, 4) is 11.5 Å². The van der Waals surface area contributed by atoms with Crippen molar-refractivity contribution in [2.75, 3.05) is 21.0 Å². The van der Waals surface area contributed by atoms with Gasteiger partial charge in [-0.15, -0.1) is 0 Å². The molecular formula is C10H14N2O3. The van der Waals surface area contributed by atoms with Crippen LogP contribution in [0.5, 0.6) is 11.5 Å². The number of nitrogens with two attached hydrogens (primary N) is 1. The van der Waals surface area contributed by atoms with Gasteiger partial charge in [0.15, 0.2) is 18.3 Å². The third-order valence-corrected chi connectivity index (χ3v) is 1.81. The minimum atomic E-state index is -0.00779. The predicted molar refractivity (Wildman–Crippen MR) is 56.5 cm³/mol. The highest BCUT2D eigenvalue weighted by atomic mass is 16.7. The Morgan fingerprint density at radius 1 is 1.33 bits per heavy atom. The van der Waals surface area contributed by atoms with Crippen molar-refractivity contribution in [3.05, 3.63) is 23.8 Å². The quantitative estimate of drug-likeness (QED) is 0.431. The first kappa shape index (κ1) is 11.3. The summed E-state index contributed by atoms with van der Waals surface area (Å²) >= 11 is 0. The van der Waals surface area contributed by atoms with Crippen molar-refractivity contribution in [1.82, 2.24) is 0 Å². The second-order valence-electron chi connectivity index (χ2n) is 2.83. The normalized spacial score (nSPS) is 9.73. The van der Waals surface area contributed by atoms with E-state index in [9.17, 15) is 0 Å². The highest BCUT2D eigenvalue weighted by molar-refractivity contribution is 5.95. The summed E-state index contributed by atoms with van der Waals surface area (Å²) in [6.07, 6.45) is 0. The summed E-state index contributed by atoms with van der Waals surface area (Å²) in [6, 6.07) is 5.03. The Morgan fingerprint density at radius 3 is 2.60 bits per heavy atom. The first-order valence-electron chi connectivity index (χ1n) is 4.33. The molecule has 1 rings (SSSR count). The average molecular weight is 210 g/mol. The number of ether oxygens (including phenoxy) is 3. The molecule has 0 aliphatic rings. The zero-order valence-corrected chi connectivity index (χ0v) is 8.74. The summed E-state index contributed by atoms with van der Waals surface area (Å²) in [7, 11) is 3.06. The first-order valence-corrected chi connectivity index (χ1v) is 4.33. The summed E-state index contributed by atoms with van der Waals surface area (Å²) in [4.78, 5) is 0. The Hall–Kier alpha value is -1.75. The molecule has 3 N–H and O–H groups in total. The largest absolute Gasteiger partial charge is 0.493 e. The molecule has 0 amide bonds. The number of rotatable bonds is 5. The fraction of sp³-hybridized carbons (Fsp3) is 0.300. The second-order valence-corrected chi connectivity index (χ2v) is 2.83. The van der Waals surface area contributed by atoms with Crippen LogP contribution < -0.4 is 15.2 Å². The van der Waals surface area contributed by atoms with Crippen LogP contribution in [-0.4, -0.2) is 26.8 Å². The topological polar surface area (TPSA) is 77.6 Å². The lowest BCUT2D eigenvalue weighted by molar-refractivity contribution is 0.0491. The van der Waals surface area contributed by atoms with Gasteiger partial charge in [0.1, 0.15) is 5.84 Å². The summed E-state index contributed by atoms with van der Waals surface area (Å²) in [5.74, 6) is 1.08. The molecule has 0 aromatic heterocycles. The van der Waals surface area contributed by atoms with E-state index in [0.29, 0.717) is 17.1 Å². The smallest absolute Gasteiger partial charge is 0.188 e. The van der Waals surface area contributed by atoms with Crippen molar-refractivity contribution in [1.29, 1.82) is 5.41 Å². The molecule has 15 heavy (non-hydrogen) atoms. The summed E-state index contributed by atoms with van der Waals surface area (Å²) in [5, 5.41) is 7.27. The molecule has 0 spiro atoms. The van der Waals surface area contributed by atoms with E-state index in [2.05, 4.69) is 0 Å². The van der Waals surface area contributed by atoms with E-state index in [4.69, 9.17) is 25.4 Å². The number of amidine groups is 1. The molecule has 5 heteroatoms. The van der Waals surface area contributed by atoms with E-state index in [1.165, 1.54) is 14.2 Å². The fourth-order valence-corrected chi connectivity index (χ4v) is 1.08. The first-order chi connectivity index (χ1) is 7.19. The van der Waals surface area contributed by atoms with Gasteiger partial charge in [0.2, 0.25) is 0 Å². The molecule has 0 bridgehead atoms. The minimum absolute atomic E-state index is 0.00779. The lowest BCUT2D eigenvalue weighted by Crippen LogP contribution is -2.11. The van der Waals surface area contributed by atoms with E-state index in [-0.39, 0.29) is 12.6 Å². The van der Waals surface area contributed by atoms with Crippen molar-refractivity contribution >= 4 is 5.84 Å². The molecule has 0 fully saturated rings.